The largest absolute Gasteiger partial charge is 0.458 e. The molecule has 7 rings (SSSR count). The molecule has 0 amide bonds. The molecule has 130 valence electrons. The summed E-state index contributed by atoms with van der Waals surface area (Å²) in [5, 5.41) is 2.86. The van der Waals surface area contributed by atoms with Crippen molar-refractivity contribution in [2.75, 3.05) is 0 Å². The van der Waals surface area contributed by atoms with Gasteiger partial charge in [0.05, 0.1) is 16.6 Å². The van der Waals surface area contributed by atoms with Crippen LogP contribution >= 0.6 is 0 Å². The molecule has 2 aliphatic heterocycles. The molecule has 0 saturated heterocycles. The van der Waals surface area contributed by atoms with E-state index in [4.69, 9.17) is 4.74 Å². The van der Waals surface area contributed by atoms with Gasteiger partial charge >= 0.3 is 6.85 Å². The van der Waals surface area contributed by atoms with E-state index in [2.05, 4.69) is 35.0 Å². The van der Waals surface area contributed by atoms with Crippen molar-refractivity contribution >= 4 is 39.4 Å². The first-order valence-electron chi connectivity index (χ1n) is 9.38. The van der Waals surface area contributed by atoms with E-state index >= 15 is 0 Å². The van der Waals surface area contributed by atoms with Gasteiger partial charge in [0, 0.05) is 5.46 Å². The van der Waals surface area contributed by atoms with Gasteiger partial charge in [-0.1, -0.05) is 54.6 Å². The molecule has 3 heterocycles. The van der Waals surface area contributed by atoms with Gasteiger partial charge in [0.25, 0.3) is 5.56 Å². The molecule has 28 heavy (non-hydrogen) atoms. The molecule has 4 nitrogen and oxygen atoms in total. The molecule has 0 fully saturated rings. The first kappa shape index (κ1) is 14.3. The lowest BCUT2D eigenvalue weighted by molar-refractivity contribution is 0.487. The van der Waals surface area contributed by atoms with Gasteiger partial charge in [-0.25, -0.2) is 0 Å². The van der Waals surface area contributed by atoms with Crippen LogP contribution in [0.4, 0.5) is 0 Å². The fourth-order valence-corrected chi connectivity index (χ4v) is 4.87. The maximum atomic E-state index is 13.7. The Morgan fingerprint density at radius 2 is 1.61 bits per heavy atom. The molecule has 4 aromatic carbocycles. The van der Waals surface area contributed by atoms with E-state index in [0.29, 0.717) is 0 Å². The Morgan fingerprint density at radius 3 is 2.57 bits per heavy atom. The number of ether oxygens (including phenoxy) is 1. The van der Waals surface area contributed by atoms with Crippen molar-refractivity contribution in [1.82, 2.24) is 9.27 Å². The van der Waals surface area contributed by atoms with Crippen LogP contribution in [0.3, 0.4) is 0 Å². The van der Waals surface area contributed by atoms with Crippen molar-refractivity contribution in [2.24, 2.45) is 0 Å². The lowest BCUT2D eigenvalue weighted by Crippen LogP contribution is -2.52. The number of rotatable bonds is 0. The molecule has 1 aromatic heterocycles. The van der Waals surface area contributed by atoms with Crippen molar-refractivity contribution in [3.63, 3.8) is 0 Å². The number of nitrogens with zero attached hydrogens (tertiary/aromatic N) is 2. The molecule has 0 aliphatic carbocycles. The fraction of sp³-hybridized carbons (Fsp3) is 0. The third kappa shape index (κ3) is 1.53. The van der Waals surface area contributed by atoms with E-state index in [1.54, 1.807) is 0 Å². The van der Waals surface area contributed by atoms with Crippen LogP contribution in [0.15, 0.2) is 83.7 Å². The van der Waals surface area contributed by atoms with Gasteiger partial charge in [0.15, 0.2) is 0 Å². The summed E-state index contributed by atoms with van der Waals surface area (Å²) >= 11 is 0. The minimum atomic E-state index is -0.171. The van der Waals surface area contributed by atoms with Crippen LogP contribution in [0.25, 0.3) is 27.4 Å². The smallest absolute Gasteiger partial charge is 0.361 e. The van der Waals surface area contributed by atoms with E-state index in [1.807, 2.05) is 53.1 Å². The number of fused-ring (bicyclic) bond motifs is 9. The summed E-state index contributed by atoms with van der Waals surface area (Å²) in [6, 6.07) is 26.3. The van der Waals surface area contributed by atoms with Crippen LogP contribution in [0, 0.1) is 0 Å². The van der Waals surface area contributed by atoms with Crippen molar-refractivity contribution in [2.45, 2.75) is 0 Å². The van der Waals surface area contributed by atoms with Crippen LogP contribution in [0.1, 0.15) is 0 Å². The topological polar surface area (TPSA) is 36.2 Å². The average molecular weight is 360 g/mol. The highest BCUT2D eigenvalue weighted by Gasteiger charge is 2.43. The second-order valence-electron chi connectivity index (χ2n) is 7.37. The maximum Gasteiger partial charge on any atom is 0.361 e. The summed E-state index contributed by atoms with van der Waals surface area (Å²) in [6.45, 7) is -0.171. The Hall–Kier alpha value is -3.73. The average Bonchev–Trinajstić information content (AvgIpc) is 3.24. The molecule has 0 radical (unpaired) electrons. The fourth-order valence-electron chi connectivity index (χ4n) is 4.87. The Bertz CT molecular complexity index is 1530. The predicted molar refractivity (Wildman–Crippen MR) is 112 cm³/mol. The number of aromatic nitrogens is 2. The summed E-state index contributed by atoms with van der Waals surface area (Å²) < 4.78 is 10.1. The summed E-state index contributed by atoms with van der Waals surface area (Å²) in [7, 11) is 0. The molecule has 0 N–H and O–H groups in total. The normalized spacial score (nSPS) is 13.4. The van der Waals surface area contributed by atoms with Gasteiger partial charge in [-0.2, -0.15) is 0 Å². The molecule has 0 unspecified atom stereocenters. The highest BCUT2D eigenvalue weighted by Crippen LogP contribution is 2.33. The number of hydrogen-bond donors (Lipinski definition) is 0. The zero-order valence-corrected chi connectivity index (χ0v) is 14.8. The number of para-hydroxylation sites is 1. The van der Waals surface area contributed by atoms with Gasteiger partial charge in [-0.15, -0.1) is 0 Å². The Kier molecular flexibility index (Phi) is 2.44. The van der Waals surface area contributed by atoms with Crippen LogP contribution < -0.4 is 21.2 Å². The molecule has 5 heteroatoms. The van der Waals surface area contributed by atoms with Crippen molar-refractivity contribution in [3.05, 3.63) is 89.2 Å². The molecular formula is C23H13BN2O2. The predicted octanol–water partition coefficient (Wildman–Crippen LogP) is 3.02. The Labute approximate surface area is 160 Å². The minimum Gasteiger partial charge on any atom is -0.458 e. The van der Waals surface area contributed by atoms with Crippen molar-refractivity contribution in [1.29, 1.82) is 0 Å². The number of hydrogen-bond acceptors (Lipinski definition) is 2. The first-order valence-corrected chi connectivity index (χ1v) is 9.38. The molecule has 2 aliphatic rings. The van der Waals surface area contributed by atoms with Crippen molar-refractivity contribution in [3.8, 4) is 17.2 Å². The highest BCUT2D eigenvalue weighted by atomic mass is 16.5. The second kappa shape index (κ2) is 4.76. The SMILES string of the molecule is O=c1c2c3ccccc3ccc2n2n1B1c3ccccc3Oc3cccc-2c31. The van der Waals surface area contributed by atoms with Gasteiger partial charge in [0.2, 0.25) is 0 Å². The third-order valence-corrected chi connectivity index (χ3v) is 6.00. The molecule has 0 atom stereocenters. The zero-order valence-electron chi connectivity index (χ0n) is 14.8. The molecule has 0 saturated carbocycles. The second-order valence-corrected chi connectivity index (χ2v) is 7.37. The van der Waals surface area contributed by atoms with Crippen LogP contribution in [0.5, 0.6) is 11.5 Å². The van der Waals surface area contributed by atoms with Crippen LogP contribution in [-0.4, -0.2) is 16.1 Å². The van der Waals surface area contributed by atoms with Crippen molar-refractivity contribution < 1.29 is 4.74 Å². The van der Waals surface area contributed by atoms with Crippen LogP contribution in [0.2, 0.25) is 0 Å². The van der Waals surface area contributed by atoms with E-state index in [-0.39, 0.29) is 12.4 Å². The lowest BCUT2D eigenvalue weighted by Gasteiger charge is -2.22. The summed E-state index contributed by atoms with van der Waals surface area (Å²) in [4.78, 5) is 13.7. The Morgan fingerprint density at radius 1 is 0.786 bits per heavy atom. The zero-order chi connectivity index (χ0) is 18.4. The quantitative estimate of drug-likeness (QED) is 0.390. The summed E-state index contributed by atoms with van der Waals surface area (Å²) in [5.41, 5.74) is 4.07. The minimum absolute atomic E-state index is 0.0376. The van der Waals surface area contributed by atoms with E-state index in [1.165, 1.54) is 0 Å². The van der Waals surface area contributed by atoms with Gasteiger partial charge < -0.3 is 4.74 Å². The Balaban J connectivity index is 1.71. The van der Waals surface area contributed by atoms with E-state index < -0.39 is 0 Å². The van der Waals surface area contributed by atoms with Gasteiger partial charge in [-0.05, 0) is 40.5 Å². The summed E-state index contributed by atoms with van der Waals surface area (Å²) in [6.07, 6.45) is 0. The molecule has 5 aromatic rings. The monoisotopic (exact) mass is 360 g/mol. The third-order valence-electron chi connectivity index (χ3n) is 6.00. The standard InChI is InChI=1S/C23H13BN2O2/c27-23-21-15-7-2-1-6-14(15)12-13-17(21)25-18-9-5-11-20-22(18)24(26(23)25)16-8-3-4-10-19(16)28-20/h1-13H. The van der Waals surface area contributed by atoms with Crippen LogP contribution in [-0.2, 0) is 0 Å². The molecular weight excluding hydrogens is 347 g/mol. The number of benzene rings is 4. The molecule has 0 spiro atoms. The maximum absolute atomic E-state index is 13.7. The lowest BCUT2D eigenvalue weighted by atomic mass is 9.50. The van der Waals surface area contributed by atoms with Gasteiger partial charge in [-0.3, -0.25) is 14.1 Å². The van der Waals surface area contributed by atoms with E-state index in [9.17, 15) is 4.79 Å². The summed E-state index contributed by atoms with van der Waals surface area (Å²) in [5.74, 6) is 1.64. The molecule has 0 bridgehead atoms. The first-order chi connectivity index (χ1) is 13.8. The highest BCUT2D eigenvalue weighted by molar-refractivity contribution is 6.87. The van der Waals surface area contributed by atoms with E-state index in [0.717, 1.165) is 49.8 Å². The van der Waals surface area contributed by atoms with Gasteiger partial charge in [0.1, 0.15) is 11.5 Å².